The number of aliphatic imine (C=N–C) groups is 1. The van der Waals surface area contributed by atoms with E-state index in [2.05, 4.69) is 20.3 Å². The number of anilines is 1. The van der Waals surface area contributed by atoms with Crippen molar-refractivity contribution in [2.24, 2.45) is 4.99 Å². The van der Waals surface area contributed by atoms with E-state index in [1.165, 1.54) is 24.5 Å². The topological polar surface area (TPSA) is 91.8 Å². The molecular formula is C24H17F5N4O3. The fraction of sp³-hybridized carbons (Fsp3) is 0.167. The Morgan fingerprint density at radius 3 is 2.50 bits per heavy atom. The van der Waals surface area contributed by atoms with E-state index in [4.69, 9.17) is 14.6 Å². The minimum atomic E-state index is -2.02. The molecule has 4 aromatic rings. The number of pyridine rings is 1. The van der Waals surface area contributed by atoms with Gasteiger partial charge in [0, 0.05) is 47.4 Å². The van der Waals surface area contributed by atoms with Crippen molar-refractivity contribution in [1.29, 1.82) is 0 Å². The number of hydrogen-bond donors (Lipinski definition) is 3. The molecule has 0 amide bonds. The van der Waals surface area contributed by atoms with Crippen molar-refractivity contribution < 1.29 is 36.5 Å². The molecule has 2 aromatic carbocycles. The van der Waals surface area contributed by atoms with Gasteiger partial charge in [-0.1, -0.05) is 0 Å². The zero-order valence-electron chi connectivity index (χ0n) is 18.3. The number of nitrogens with one attached hydrogen (secondary N) is 2. The summed E-state index contributed by atoms with van der Waals surface area (Å²) in [4.78, 5) is 10.7. The Hall–Kier alpha value is -4.19. The Labute approximate surface area is 200 Å². The molecule has 3 heterocycles. The Bertz CT molecular complexity index is 1470. The Balaban J connectivity index is 1.45. The smallest absolute Gasteiger partial charge is 0.289 e. The quantitative estimate of drug-likeness (QED) is 0.330. The van der Waals surface area contributed by atoms with Crippen molar-refractivity contribution in [3.05, 3.63) is 72.1 Å². The van der Waals surface area contributed by atoms with Crippen molar-refractivity contribution in [2.75, 3.05) is 25.1 Å². The van der Waals surface area contributed by atoms with Crippen molar-refractivity contribution in [3.8, 4) is 22.6 Å². The highest BCUT2D eigenvalue weighted by molar-refractivity contribution is 5.98. The molecule has 1 atom stereocenters. The van der Waals surface area contributed by atoms with Crippen LogP contribution in [0.5, 0.6) is 11.5 Å². The number of aromatic nitrogens is 2. The van der Waals surface area contributed by atoms with Crippen LogP contribution < -0.4 is 10.1 Å². The van der Waals surface area contributed by atoms with Crippen LogP contribution in [0.15, 0.2) is 53.8 Å². The van der Waals surface area contributed by atoms with Crippen LogP contribution in [0.1, 0.15) is 0 Å². The average Bonchev–Trinajstić information content (AvgIpc) is 3.28. The predicted molar refractivity (Wildman–Crippen MR) is 121 cm³/mol. The van der Waals surface area contributed by atoms with Gasteiger partial charge >= 0.3 is 0 Å². The van der Waals surface area contributed by atoms with E-state index < -0.39 is 47.9 Å². The minimum Gasteiger partial charge on any atom is -0.461 e. The molecule has 0 spiro atoms. The highest BCUT2D eigenvalue weighted by Gasteiger charge is 2.34. The number of halogens is 5. The number of aliphatic hydroxyl groups excluding tert-OH is 1. The Kier molecular flexibility index (Phi) is 5.96. The first kappa shape index (κ1) is 23.5. The van der Waals surface area contributed by atoms with E-state index in [1.807, 2.05) is 0 Å². The molecule has 0 saturated heterocycles. The first-order chi connectivity index (χ1) is 17.3. The number of nitrogens with zero attached hydrogens (tertiary/aromatic N) is 2. The number of H-pyrrole nitrogens is 1. The minimum absolute atomic E-state index is 0.0261. The van der Waals surface area contributed by atoms with Crippen molar-refractivity contribution in [2.45, 2.75) is 5.67 Å². The van der Waals surface area contributed by atoms with Gasteiger partial charge in [-0.2, -0.15) is 0 Å². The van der Waals surface area contributed by atoms with Crippen molar-refractivity contribution >= 4 is 22.7 Å². The van der Waals surface area contributed by atoms with Gasteiger partial charge in [-0.05, 0) is 18.2 Å². The fourth-order valence-corrected chi connectivity index (χ4v) is 3.67. The van der Waals surface area contributed by atoms with E-state index in [1.54, 1.807) is 0 Å². The van der Waals surface area contributed by atoms with E-state index in [0.29, 0.717) is 6.07 Å². The lowest BCUT2D eigenvalue weighted by Crippen LogP contribution is -2.43. The lowest BCUT2D eigenvalue weighted by Gasteiger charge is -2.26. The van der Waals surface area contributed by atoms with Gasteiger partial charge in [0.05, 0.1) is 18.5 Å². The molecule has 1 aliphatic rings. The molecule has 1 aliphatic heterocycles. The summed E-state index contributed by atoms with van der Waals surface area (Å²) in [6.07, 6.45) is 2.76. The summed E-state index contributed by atoms with van der Waals surface area (Å²) in [5.41, 5.74) is -1.56. The maximum atomic E-state index is 14.9. The molecular weight excluding hydrogens is 487 g/mol. The predicted octanol–water partition coefficient (Wildman–Crippen LogP) is 5.08. The maximum absolute atomic E-state index is 14.9. The summed E-state index contributed by atoms with van der Waals surface area (Å²) in [7, 11) is 0. The van der Waals surface area contributed by atoms with Gasteiger partial charge in [0.15, 0.2) is 23.1 Å². The van der Waals surface area contributed by atoms with E-state index >= 15 is 0 Å². The van der Waals surface area contributed by atoms with Crippen LogP contribution in [0, 0.1) is 23.3 Å². The molecule has 5 rings (SSSR count). The summed E-state index contributed by atoms with van der Waals surface area (Å²) < 4.78 is 82.2. The standard InChI is InChI=1S/C24H17F5N4O3/c25-12-1-2-14(16(26)5-12)15-8-31-22-20(15)19(3-4-30-22)36-21-17(27)6-13(7-18(21)28)33-23-32-9-24(29,10-34)11-35-23/h1-8,34H,9-11H2,(H,30,31)(H,32,33). The van der Waals surface area contributed by atoms with Crippen LogP contribution in [0.2, 0.25) is 0 Å². The molecule has 1 unspecified atom stereocenters. The summed E-state index contributed by atoms with van der Waals surface area (Å²) >= 11 is 0. The largest absolute Gasteiger partial charge is 0.461 e. The molecule has 186 valence electrons. The first-order valence-electron chi connectivity index (χ1n) is 10.6. The molecule has 0 fully saturated rings. The van der Waals surface area contributed by atoms with Crippen LogP contribution in [-0.4, -0.2) is 46.5 Å². The van der Waals surface area contributed by atoms with Crippen molar-refractivity contribution in [1.82, 2.24) is 9.97 Å². The van der Waals surface area contributed by atoms with E-state index in [0.717, 1.165) is 18.2 Å². The fourth-order valence-electron chi connectivity index (χ4n) is 3.67. The van der Waals surface area contributed by atoms with Crippen LogP contribution in [-0.2, 0) is 4.74 Å². The number of benzene rings is 2. The lowest BCUT2D eigenvalue weighted by molar-refractivity contribution is 0.0181. The number of hydrogen-bond acceptors (Lipinski definition) is 6. The molecule has 3 N–H and O–H groups in total. The van der Waals surface area contributed by atoms with Gasteiger partial charge in [0.1, 0.15) is 29.6 Å². The second kappa shape index (κ2) is 9.11. The average molecular weight is 504 g/mol. The summed E-state index contributed by atoms with van der Waals surface area (Å²) in [5.74, 6) is -4.53. The Morgan fingerprint density at radius 2 is 1.83 bits per heavy atom. The summed E-state index contributed by atoms with van der Waals surface area (Å²) in [5, 5.41) is 11.8. The monoisotopic (exact) mass is 504 g/mol. The van der Waals surface area contributed by atoms with E-state index in [-0.39, 0.29) is 46.2 Å². The zero-order chi connectivity index (χ0) is 25.4. The number of aliphatic hydroxyl groups is 1. The highest BCUT2D eigenvalue weighted by atomic mass is 19.2. The Morgan fingerprint density at radius 1 is 1.06 bits per heavy atom. The van der Waals surface area contributed by atoms with Crippen LogP contribution >= 0.6 is 0 Å². The van der Waals surface area contributed by atoms with Crippen molar-refractivity contribution in [3.63, 3.8) is 0 Å². The normalized spacial score (nSPS) is 17.6. The number of aromatic amines is 1. The number of ether oxygens (including phenoxy) is 2. The summed E-state index contributed by atoms with van der Waals surface area (Å²) in [6, 6.07) is 6.05. The molecule has 0 aliphatic carbocycles. The molecule has 12 heteroatoms. The third kappa shape index (κ3) is 4.42. The second-order valence-electron chi connectivity index (χ2n) is 8.07. The molecule has 0 bridgehead atoms. The number of alkyl halides is 1. The molecule has 7 nitrogen and oxygen atoms in total. The van der Waals surface area contributed by atoms with E-state index in [9.17, 15) is 22.0 Å². The number of amidine groups is 1. The van der Waals surface area contributed by atoms with Gasteiger partial charge in [0.25, 0.3) is 6.02 Å². The second-order valence-corrected chi connectivity index (χ2v) is 8.07. The van der Waals surface area contributed by atoms with Gasteiger partial charge < -0.3 is 24.9 Å². The SMILES string of the molecule is OCC1(F)CN=C(Nc2cc(F)c(Oc3ccnc4[nH]cc(-c5ccc(F)cc5F)c34)c(F)c2)OC1. The van der Waals surface area contributed by atoms with Gasteiger partial charge in [0.2, 0.25) is 0 Å². The molecule has 0 radical (unpaired) electrons. The maximum Gasteiger partial charge on any atom is 0.289 e. The summed E-state index contributed by atoms with van der Waals surface area (Å²) in [6.45, 7) is -1.64. The lowest BCUT2D eigenvalue weighted by atomic mass is 10.0. The van der Waals surface area contributed by atoms with Crippen LogP contribution in [0.25, 0.3) is 22.2 Å². The van der Waals surface area contributed by atoms with Crippen LogP contribution in [0.4, 0.5) is 27.6 Å². The van der Waals surface area contributed by atoms with Gasteiger partial charge in [-0.3, -0.25) is 0 Å². The zero-order valence-corrected chi connectivity index (χ0v) is 18.3. The first-order valence-corrected chi connectivity index (χ1v) is 10.6. The van der Waals surface area contributed by atoms with Crippen LogP contribution in [0.3, 0.4) is 0 Å². The number of fused-ring (bicyclic) bond motifs is 1. The van der Waals surface area contributed by atoms with Gasteiger partial charge in [-0.15, -0.1) is 0 Å². The molecule has 2 aromatic heterocycles. The van der Waals surface area contributed by atoms with Gasteiger partial charge in [-0.25, -0.2) is 31.9 Å². The molecule has 0 saturated carbocycles. The third-order valence-electron chi connectivity index (χ3n) is 5.48. The highest BCUT2D eigenvalue weighted by Crippen LogP contribution is 2.39. The number of rotatable bonds is 5. The molecule has 36 heavy (non-hydrogen) atoms. The third-order valence-corrected chi connectivity index (χ3v) is 5.48.